The van der Waals surface area contributed by atoms with E-state index in [9.17, 15) is 4.79 Å². The summed E-state index contributed by atoms with van der Waals surface area (Å²) in [7, 11) is -1.21. The fourth-order valence-electron chi connectivity index (χ4n) is 3.14. The summed E-state index contributed by atoms with van der Waals surface area (Å²) >= 11 is 0. The van der Waals surface area contributed by atoms with E-state index in [4.69, 9.17) is 14.1 Å². The molecule has 2 atom stereocenters. The molecular weight excluding hydrogens is 332 g/mol. The fraction of sp³-hybridized carbons (Fsp3) is 0.684. The lowest BCUT2D eigenvalue weighted by Crippen LogP contribution is -2.43. The lowest BCUT2D eigenvalue weighted by molar-refractivity contribution is -0.140. The van der Waals surface area contributed by atoms with Gasteiger partial charge in [0.05, 0.1) is 36.7 Å². The molecule has 6 heteroatoms. The molecular formula is C19H32N2O3Si. The monoisotopic (exact) mass is 364 g/mol. The number of amides is 1. The van der Waals surface area contributed by atoms with Crippen molar-refractivity contribution in [2.45, 2.75) is 59.4 Å². The van der Waals surface area contributed by atoms with Gasteiger partial charge in [-0.25, -0.2) is 0 Å². The van der Waals surface area contributed by atoms with Gasteiger partial charge in [-0.3, -0.25) is 9.78 Å². The van der Waals surface area contributed by atoms with Crippen molar-refractivity contribution in [3.8, 4) is 0 Å². The van der Waals surface area contributed by atoms with Crippen LogP contribution in [0, 0.1) is 5.41 Å². The predicted molar refractivity (Wildman–Crippen MR) is 102 cm³/mol. The highest BCUT2D eigenvalue weighted by Crippen LogP contribution is 2.36. The second-order valence-electron chi connectivity index (χ2n) is 7.95. The summed E-state index contributed by atoms with van der Waals surface area (Å²) in [5, 5.41) is 0. The molecule has 0 N–H and O–H groups in total. The highest BCUT2D eigenvalue weighted by atomic mass is 28.3. The Morgan fingerprint density at radius 1 is 1.44 bits per heavy atom. The van der Waals surface area contributed by atoms with E-state index < -0.39 is 9.04 Å². The van der Waals surface area contributed by atoms with Gasteiger partial charge in [-0.1, -0.05) is 33.8 Å². The number of aromatic nitrogens is 1. The molecule has 1 aliphatic rings. The van der Waals surface area contributed by atoms with Gasteiger partial charge in [0.25, 0.3) is 0 Å². The fourth-order valence-corrected chi connectivity index (χ4v) is 4.23. The normalized spacial score (nSPS) is 20.0. The number of nitrogens with zero attached hydrogens (tertiary/aromatic N) is 2. The number of carbonyl (C=O) groups excluding carboxylic acids is 1. The number of rotatable bonds is 5. The SMILES string of the molecule is CCC(=O)N1CCOCC1c1cccc(C(O[SiH](C)C)C(C)(C)C)n1. The molecule has 5 nitrogen and oxygen atoms in total. The largest absolute Gasteiger partial charge is 0.412 e. The topological polar surface area (TPSA) is 51.7 Å². The van der Waals surface area contributed by atoms with E-state index in [0.29, 0.717) is 26.2 Å². The van der Waals surface area contributed by atoms with Crippen LogP contribution in [0.4, 0.5) is 0 Å². The molecule has 0 saturated carbocycles. The second kappa shape index (κ2) is 8.43. The van der Waals surface area contributed by atoms with Crippen LogP contribution in [0.25, 0.3) is 0 Å². The van der Waals surface area contributed by atoms with E-state index in [0.717, 1.165) is 11.4 Å². The standard InChI is InChI=1S/C19H32N2O3Si/c1-7-17(22)21-11-12-23-13-16(21)14-9-8-10-15(20-14)18(19(2,3)4)24-25(5)6/h8-10,16,18,25H,7,11-13H2,1-6H3. The van der Waals surface area contributed by atoms with Crippen molar-refractivity contribution in [2.75, 3.05) is 19.8 Å². The number of hydrogen-bond donors (Lipinski definition) is 0. The molecule has 2 heterocycles. The molecule has 0 radical (unpaired) electrons. The van der Waals surface area contributed by atoms with Gasteiger partial charge in [0.15, 0.2) is 9.04 Å². The summed E-state index contributed by atoms with van der Waals surface area (Å²) in [6.45, 7) is 14.5. The summed E-state index contributed by atoms with van der Waals surface area (Å²) < 4.78 is 11.9. The minimum Gasteiger partial charge on any atom is -0.412 e. The molecule has 0 spiro atoms. The van der Waals surface area contributed by atoms with Crippen molar-refractivity contribution in [1.29, 1.82) is 0 Å². The third-order valence-electron chi connectivity index (χ3n) is 4.35. The number of morpholine rings is 1. The first-order valence-corrected chi connectivity index (χ1v) is 12.0. The van der Waals surface area contributed by atoms with Crippen molar-refractivity contribution in [3.05, 3.63) is 29.6 Å². The minimum atomic E-state index is -1.21. The van der Waals surface area contributed by atoms with Crippen LogP contribution in [-0.2, 0) is 14.0 Å². The van der Waals surface area contributed by atoms with E-state index in [-0.39, 0.29) is 23.5 Å². The third-order valence-corrected chi connectivity index (χ3v) is 5.16. The summed E-state index contributed by atoms with van der Waals surface area (Å²) in [5.74, 6) is 0.152. The summed E-state index contributed by atoms with van der Waals surface area (Å²) in [6, 6.07) is 5.93. The molecule has 1 aliphatic heterocycles. The first kappa shape index (κ1) is 20.1. The van der Waals surface area contributed by atoms with Gasteiger partial charge in [0, 0.05) is 13.0 Å². The van der Waals surface area contributed by atoms with Gasteiger partial charge in [0.1, 0.15) is 0 Å². The van der Waals surface area contributed by atoms with Crippen molar-refractivity contribution in [3.63, 3.8) is 0 Å². The molecule has 0 bridgehead atoms. The lowest BCUT2D eigenvalue weighted by Gasteiger charge is -2.36. The molecule has 1 amide bonds. The Hall–Kier alpha value is -1.24. The maximum atomic E-state index is 12.3. The molecule has 0 aliphatic carbocycles. The molecule has 0 aromatic carbocycles. The quantitative estimate of drug-likeness (QED) is 0.751. The molecule has 140 valence electrons. The van der Waals surface area contributed by atoms with Gasteiger partial charge in [-0.2, -0.15) is 0 Å². The van der Waals surface area contributed by atoms with Gasteiger partial charge in [-0.15, -0.1) is 0 Å². The Kier molecular flexibility index (Phi) is 6.77. The van der Waals surface area contributed by atoms with Crippen molar-refractivity contribution < 1.29 is 14.0 Å². The first-order chi connectivity index (χ1) is 11.7. The molecule has 1 aromatic rings. The van der Waals surface area contributed by atoms with Crippen LogP contribution in [0.1, 0.15) is 57.6 Å². The average Bonchev–Trinajstić information content (AvgIpc) is 2.58. The molecule has 25 heavy (non-hydrogen) atoms. The molecule has 1 saturated heterocycles. The number of hydrogen-bond acceptors (Lipinski definition) is 4. The number of carbonyl (C=O) groups is 1. The van der Waals surface area contributed by atoms with Crippen molar-refractivity contribution in [1.82, 2.24) is 9.88 Å². The summed E-state index contributed by atoms with van der Waals surface area (Å²) in [6.07, 6.45) is 0.460. The zero-order chi connectivity index (χ0) is 18.6. The first-order valence-electron chi connectivity index (χ1n) is 9.23. The van der Waals surface area contributed by atoms with Gasteiger partial charge in [-0.05, 0) is 30.6 Å². The Morgan fingerprint density at radius 2 is 2.16 bits per heavy atom. The maximum Gasteiger partial charge on any atom is 0.223 e. The maximum absolute atomic E-state index is 12.3. The summed E-state index contributed by atoms with van der Waals surface area (Å²) in [5.41, 5.74) is 1.80. The van der Waals surface area contributed by atoms with Crippen LogP contribution in [0.15, 0.2) is 18.2 Å². The summed E-state index contributed by atoms with van der Waals surface area (Å²) in [4.78, 5) is 19.1. The van der Waals surface area contributed by atoms with Crippen LogP contribution in [0.5, 0.6) is 0 Å². The van der Waals surface area contributed by atoms with Crippen LogP contribution in [0.3, 0.4) is 0 Å². The van der Waals surface area contributed by atoms with Crippen LogP contribution >= 0.6 is 0 Å². The average molecular weight is 365 g/mol. The number of ether oxygens (including phenoxy) is 1. The highest BCUT2D eigenvalue weighted by molar-refractivity contribution is 6.48. The molecule has 1 aromatic heterocycles. The van der Waals surface area contributed by atoms with E-state index in [2.05, 4.69) is 33.9 Å². The van der Waals surface area contributed by atoms with Crippen LogP contribution in [-0.4, -0.2) is 44.6 Å². The van der Waals surface area contributed by atoms with Gasteiger partial charge >= 0.3 is 0 Å². The lowest BCUT2D eigenvalue weighted by atomic mass is 9.87. The van der Waals surface area contributed by atoms with Crippen LogP contribution < -0.4 is 0 Å². The van der Waals surface area contributed by atoms with Crippen LogP contribution in [0.2, 0.25) is 13.1 Å². The van der Waals surface area contributed by atoms with Crippen molar-refractivity contribution >= 4 is 14.9 Å². The number of pyridine rings is 1. The second-order valence-corrected chi connectivity index (χ2v) is 10.3. The van der Waals surface area contributed by atoms with Crippen molar-refractivity contribution in [2.24, 2.45) is 5.41 Å². The van der Waals surface area contributed by atoms with E-state index >= 15 is 0 Å². The van der Waals surface area contributed by atoms with E-state index in [1.54, 1.807) is 0 Å². The Bertz CT molecular complexity index is 586. The van der Waals surface area contributed by atoms with E-state index in [1.165, 1.54) is 0 Å². The zero-order valence-corrected chi connectivity index (χ0v) is 17.6. The zero-order valence-electron chi connectivity index (χ0n) is 16.4. The molecule has 1 fully saturated rings. The molecule has 2 rings (SSSR count). The Morgan fingerprint density at radius 3 is 2.76 bits per heavy atom. The van der Waals surface area contributed by atoms with Gasteiger partial charge in [0.2, 0.25) is 5.91 Å². The predicted octanol–water partition coefficient (Wildman–Crippen LogP) is 3.48. The molecule has 2 unspecified atom stereocenters. The van der Waals surface area contributed by atoms with E-state index in [1.807, 2.05) is 30.0 Å². The Labute approximate surface area is 153 Å². The highest BCUT2D eigenvalue weighted by Gasteiger charge is 2.32. The Balaban J connectivity index is 2.34. The smallest absolute Gasteiger partial charge is 0.223 e. The third kappa shape index (κ3) is 5.12. The van der Waals surface area contributed by atoms with Gasteiger partial charge < -0.3 is 14.1 Å². The minimum absolute atomic E-state index is 0.0368.